The maximum absolute atomic E-state index is 13.4. The zero-order valence-electron chi connectivity index (χ0n) is 31.1. The molecule has 0 fully saturated rings. The summed E-state index contributed by atoms with van der Waals surface area (Å²) in [6, 6.07) is 56.2. The number of fused-ring (bicyclic) bond motifs is 9. The molecule has 0 unspecified atom stereocenters. The third-order valence-electron chi connectivity index (χ3n) is 10.8. The Morgan fingerprint density at radius 3 is 1.16 bits per heavy atom. The molecule has 8 bridgehead atoms. The molecule has 6 heterocycles. The standard InChI is InChI=1S/C51H33N5OSe/c57-51-37-18-10-11-19-46(37)58-56(51)36-22-20-35(21-23-36)50-44-30-28-42(54-44)48(33-14-6-2-7-15-33)40-26-24-38(52-40)47(32-12-4-1-5-13-32)39-25-27-41(53-39)49(34-16-8-3-9-17-34)43-29-31-45(50)55-43/h1-31,52,55H. The molecule has 6 nitrogen and oxygen atoms in total. The minimum absolute atomic E-state index is 0.0512. The van der Waals surface area contributed by atoms with Crippen molar-refractivity contribution in [2.45, 2.75) is 0 Å². The predicted molar refractivity (Wildman–Crippen MR) is 241 cm³/mol. The fourth-order valence-electron chi connectivity index (χ4n) is 8.14. The van der Waals surface area contributed by atoms with Gasteiger partial charge in [0.2, 0.25) is 0 Å². The Morgan fingerprint density at radius 1 is 0.397 bits per heavy atom. The van der Waals surface area contributed by atoms with Crippen LogP contribution in [0.1, 0.15) is 22.8 Å². The second-order valence-electron chi connectivity index (χ2n) is 14.3. The van der Waals surface area contributed by atoms with Crippen LogP contribution in [-0.4, -0.2) is 38.2 Å². The van der Waals surface area contributed by atoms with Gasteiger partial charge in [0.1, 0.15) is 0 Å². The number of rotatable bonds is 5. The van der Waals surface area contributed by atoms with Gasteiger partial charge in [0.25, 0.3) is 0 Å². The Hall–Kier alpha value is -7.31. The molecule has 2 aliphatic rings. The van der Waals surface area contributed by atoms with Gasteiger partial charge in [-0.05, 0) is 17.7 Å². The molecular weight excluding hydrogens is 778 g/mol. The van der Waals surface area contributed by atoms with Crippen LogP contribution in [0.3, 0.4) is 0 Å². The molecule has 0 spiro atoms. The molecule has 0 amide bonds. The van der Waals surface area contributed by atoms with Crippen LogP contribution in [0.5, 0.6) is 0 Å². The molecule has 7 heteroatoms. The van der Waals surface area contributed by atoms with Gasteiger partial charge in [0.05, 0.1) is 5.69 Å². The molecule has 5 aromatic carbocycles. The summed E-state index contributed by atoms with van der Waals surface area (Å²) in [7, 11) is 0. The molecule has 274 valence electrons. The summed E-state index contributed by atoms with van der Waals surface area (Å²) in [5.41, 5.74) is 16.3. The first-order valence-corrected chi connectivity index (χ1v) is 20.8. The third-order valence-corrected chi connectivity index (χ3v) is 13.2. The number of hydrogen-bond donors (Lipinski definition) is 2. The first-order chi connectivity index (χ1) is 28.7. The van der Waals surface area contributed by atoms with Crippen molar-refractivity contribution in [3.8, 4) is 50.2 Å². The van der Waals surface area contributed by atoms with E-state index in [1.165, 1.54) is 0 Å². The van der Waals surface area contributed by atoms with Crippen molar-refractivity contribution in [1.29, 1.82) is 0 Å². The van der Waals surface area contributed by atoms with Gasteiger partial charge in [-0.15, -0.1) is 0 Å². The molecule has 4 aromatic heterocycles. The topological polar surface area (TPSA) is 79.4 Å². The van der Waals surface area contributed by atoms with E-state index in [9.17, 15) is 4.79 Å². The van der Waals surface area contributed by atoms with E-state index in [2.05, 4.69) is 162 Å². The van der Waals surface area contributed by atoms with Crippen LogP contribution in [0.4, 0.5) is 0 Å². The number of nitrogens with one attached hydrogen (secondary N) is 2. The van der Waals surface area contributed by atoms with E-state index in [1.807, 2.05) is 40.0 Å². The predicted octanol–water partition coefficient (Wildman–Crippen LogP) is 11.7. The van der Waals surface area contributed by atoms with Gasteiger partial charge in [-0.1, -0.05) is 66.7 Å². The van der Waals surface area contributed by atoms with Crippen molar-refractivity contribution in [1.82, 2.24) is 23.5 Å². The van der Waals surface area contributed by atoms with Crippen LogP contribution >= 0.6 is 0 Å². The zero-order chi connectivity index (χ0) is 38.6. The summed E-state index contributed by atoms with van der Waals surface area (Å²) < 4.78 is 3.01. The van der Waals surface area contributed by atoms with Gasteiger partial charge in [-0.25, -0.2) is 0 Å². The van der Waals surface area contributed by atoms with E-state index in [1.54, 1.807) is 0 Å². The fourth-order valence-corrected chi connectivity index (χ4v) is 10.2. The number of nitrogens with zero attached hydrogens (tertiary/aromatic N) is 3. The normalized spacial score (nSPS) is 12.1. The van der Waals surface area contributed by atoms with Crippen LogP contribution < -0.4 is 5.56 Å². The van der Waals surface area contributed by atoms with Gasteiger partial charge in [0, 0.05) is 11.1 Å². The minimum atomic E-state index is -0.125. The van der Waals surface area contributed by atoms with Crippen molar-refractivity contribution < 1.29 is 0 Å². The Kier molecular flexibility index (Phi) is 8.21. The molecule has 2 N–H and O–H groups in total. The number of aromatic amines is 2. The monoisotopic (exact) mass is 811 g/mol. The Morgan fingerprint density at radius 2 is 0.759 bits per heavy atom. The Labute approximate surface area is 339 Å². The fraction of sp³-hybridized carbons (Fsp3) is 0. The van der Waals surface area contributed by atoms with E-state index in [-0.39, 0.29) is 20.3 Å². The van der Waals surface area contributed by atoms with Crippen LogP contribution in [0.2, 0.25) is 0 Å². The maximum atomic E-state index is 13.4. The summed E-state index contributed by atoms with van der Waals surface area (Å²) >= 11 is -0.125. The average molecular weight is 811 g/mol. The quantitative estimate of drug-likeness (QED) is 0.170. The SMILES string of the molecule is O=c1c2ccccc2[se]n1-c1ccc(-c2c3nc(c(-c4ccccc4)c4ccc([nH]4)c(-c4ccccc4)c4nc(c(-c5ccccc5)c5ccc2[nH]5)C=C4)C=C3)cc1. The van der Waals surface area contributed by atoms with Gasteiger partial charge in [0.15, 0.2) is 0 Å². The van der Waals surface area contributed by atoms with Crippen molar-refractivity contribution in [3.63, 3.8) is 0 Å². The average Bonchev–Trinajstić information content (AvgIpc) is 4.14. The van der Waals surface area contributed by atoms with E-state index in [0.717, 1.165) is 105 Å². The number of H-pyrrole nitrogens is 2. The van der Waals surface area contributed by atoms with Gasteiger partial charge >= 0.3 is 240 Å². The van der Waals surface area contributed by atoms with Crippen LogP contribution in [0.15, 0.2) is 169 Å². The molecule has 58 heavy (non-hydrogen) atoms. The Bertz CT molecular complexity index is 3300. The number of hydrogen-bond acceptors (Lipinski definition) is 3. The second-order valence-corrected chi connectivity index (χ2v) is 16.4. The number of aromatic nitrogens is 5. The van der Waals surface area contributed by atoms with E-state index < -0.39 is 0 Å². The molecular formula is C51H33N5OSe. The van der Waals surface area contributed by atoms with Crippen molar-refractivity contribution in [2.24, 2.45) is 0 Å². The third kappa shape index (κ3) is 5.84. The van der Waals surface area contributed by atoms with Crippen molar-refractivity contribution in [3.05, 3.63) is 197 Å². The first-order valence-electron chi connectivity index (χ1n) is 19.2. The van der Waals surface area contributed by atoms with E-state index in [0.29, 0.717) is 0 Å². The first kappa shape index (κ1) is 34.0. The van der Waals surface area contributed by atoms with Crippen LogP contribution in [0, 0.1) is 0 Å². The summed E-state index contributed by atoms with van der Waals surface area (Å²) in [4.78, 5) is 31.9. The zero-order valence-corrected chi connectivity index (χ0v) is 32.8. The molecule has 11 rings (SSSR count). The summed E-state index contributed by atoms with van der Waals surface area (Å²) in [5, 5.41) is 0.789. The van der Waals surface area contributed by atoms with E-state index >= 15 is 0 Å². The molecule has 0 saturated carbocycles. The van der Waals surface area contributed by atoms with Crippen LogP contribution in [-0.2, 0) is 0 Å². The molecule has 0 atom stereocenters. The van der Waals surface area contributed by atoms with E-state index in [4.69, 9.17) is 9.97 Å². The summed E-state index contributed by atoms with van der Waals surface area (Å²) in [5.74, 6) is 0. The van der Waals surface area contributed by atoms with Gasteiger partial charge in [-0.3, -0.25) is 0 Å². The molecule has 2 aliphatic heterocycles. The van der Waals surface area contributed by atoms with Gasteiger partial charge < -0.3 is 0 Å². The Balaban J connectivity index is 1.23. The number of benzene rings is 5. The molecule has 0 aliphatic carbocycles. The molecule has 9 aromatic rings. The van der Waals surface area contributed by atoms with Gasteiger partial charge in [-0.2, -0.15) is 0 Å². The molecule has 0 saturated heterocycles. The summed E-state index contributed by atoms with van der Waals surface area (Å²) in [6.07, 6.45) is 8.48. The molecule has 0 radical (unpaired) electrons. The van der Waals surface area contributed by atoms with Crippen molar-refractivity contribution >= 4 is 70.7 Å². The second kappa shape index (κ2) is 14.0. The summed E-state index contributed by atoms with van der Waals surface area (Å²) in [6.45, 7) is 0. The van der Waals surface area contributed by atoms with Crippen molar-refractivity contribution in [2.75, 3.05) is 0 Å². The van der Waals surface area contributed by atoms with Crippen LogP contribution in [0.25, 0.3) is 106 Å².